The maximum absolute atomic E-state index is 12.4. The van der Waals surface area contributed by atoms with Gasteiger partial charge in [-0.3, -0.25) is 4.79 Å². The van der Waals surface area contributed by atoms with Crippen molar-refractivity contribution in [1.29, 1.82) is 0 Å². The summed E-state index contributed by atoms with van der Waals surface area (Å²) < 4.78 is 10.6. The van der Waals surface area contributed by atoms with Gasteiger partial charge >= 0.3 is 0 Å². The third-order valence-electron chi connectivity index (χ3n) is 4.06. The SMILES string of the molecule is COc1cc(Nc2nc(CCCN)cc3cc[nH]c(=O)c23)cc(OC)c1. The number of methoxy groups -OCH3 is 2. The van der Waals surface area contributed by atoms with E-state index in [4.69, 9.17) is 15.2 Å². The number of nitrogens with two attached hydrogens (primary N) is 1. The second-order valence-corrected chi connectivity index (χ2v) is 5.85. The van der Waals surface area contributed by atoms with Crippen molar-refractivity contribution < 1.29 is 9.47 Å². The van der Waals surface area contributed by atoms with Crippen LogP contribution in [0.2, 0.25) is 0 Å². The fraction of sp³-hybridized carbons (Fsp3) is 0.263. The van der Waals surface area contributed by atoms with E-state index in [9.17, 15) is 4.79 Å². The highest BCUT2D eigenvalue weighted by atomic mass is 16.5. The smallest absolute Gasteiger partial charge is 0.259 e. The largest absolute Gasteiger partial charge is 0.497 e. The molecule has 136 valence electrons. The Morgan fingerprint density at radius 2 is 1.88 bits per heavy atom. The maximum atomic E-state index is 12.4. The Morgan fingerprint density at radius 1 is 1.15 bits per heavy atom. The van der Waals surface area contributed by atoms with Crippen LogP contribution >= 0.6 is 0 Å². The van der Waals surface area contributed by atoms with Crippen LogP contribution in [0.15, 0.2) is 41.3 Å². The molecular formula is C19H22N4O3. The molecule has 2 heterocycles. The molecule has 3 rings (SSSR count). The summed E-state index contributed by atoms with van der Waals surface area (Å²) in [4.78, 5) is 19.7. The van der Waals surface area contributed by atoms with Gasteiger partial charge in [-0.15, -0.1) is 0 Å². The van der Waals surface area contributed by atoms with E-state index in [0.29, 0.717) is 34.9 Å². The zero-order valence-corrected chi connectivity index (χ0v) is 14.8. The molecule has 4 N–H and O–H groups in total. The van der Waals surface area contributed by atoms with Gasteiger partial charge < -0.3 is 25.5 Å². The lowest BCUT2D eigenvalue weighted by Gasteiger charge is -2.13. The number of anilines is 2. The summed E-state index contributed by atoms with van der Waals surface area (Å²) in [6, 6.07) is 9.21. The molecule has 2 aromatic heterocycles. The summed E-state index contributed by atoms with van der Waals surface area (Å²) in [5, 5.41) is 4.56. The van der Waals surface area contributed by atoms with E-state index in [2.05, 4.69) is 15.3 Å². The minimum Gasteiger partial charge on any atom is -0.497 e. The van der Waals surface area contributed by atoms with Crippen LogP contribution in [0, 0.1) is 0 Å². The minimum absolute atomic E-state index is 0.197. The number of nitrogens with zero attached hydrogens (tertiary/aromatic N) is 1. The number of fused-ring (bicyclic) bond motifs is 1. The highest BCUT2D eigenvalue weighted by Crippen LogP contribution is 2.29. The number of benzene rings is 1. The van der Waals surface area contributed by atoms with Crippen LogP contribution in [0.25, 0.3) is 10.8 Å². The molecule has 0 radical (unpaired) electrons. The van der Waals surface area contributed by atoms with Crippen molar-refractivity contribution in [3.63, 3.8) is 0 Å². The molecule has 0 saturated heterocycles. The van der Waals surface area contributed by atoms with Gasteiger partial charge in [0.25, 0.3) is 5.56 Å². The van der Waals surface area contributed by atoms with Crippen molar-refractivity contribution >= 4 is 22.3 Å². The van der Waals surface area contributed by atoms with Gasteiger partial charge in [-0.25, -0.2) is 4.98 Å². The molecule has 7 heteroatoms. The summed E-state index contributed by atoms with van der Waals surface area (Å²) in [6.45, 7) is 0.588. The fourth-order valence-corrected chi connectivity index (χ4v) is 2.79. The number of aromatic amines is 1. The summed E-state index contributed by atoms with van der Waals surface area (Å²) >= 11 is 0. The summed E-state index contributed by atoms with van der Waals surface area (Å²) in [5.41, 5.74) is 7.01. The van der Waals surface area contributed by atoms with Gasteiger partial charge in [0.15, 0.2) is 0 Å². The zero-order valence-electron chi connectivity index (χ0n) is 14.8. The quantitative estimate of drug-likeness (QED) is 0.603. The van der Waals surface area contributed by atoms with Crippen molar-refractivity contribution in [2.75, 3.05) is 26.1 Å². The molecule has 0 aliphatic carbocycles. The number of aromatic nitrogens is 2. The van der Waals surface area contributed by atoms with Gasteiger partial charge in [0, 0.05) is 35.8 Å². The normalized spacial score (nSPS) is 10.7. The van der Waals surface area contributed by atoms with Crippen LogP contribution in [0.3, 0.4) is 0 Å². The number of rotatable bonds is 7. The lowest BCUT2D eigenvalue weighted by molar-refractivity contribution is 0.395. The van der Waals surface area contributed by atoms with E-state index in [-0.39, 0.29) is 5.56 Å². The first-order chi connectivity index (χ1) is 12.6. The first kappa shape index (κ1) is 17.8. The van der Waals surface area contributed by atoms with E-state index in [1.165, 1.54) is 0 Å². The Balaban J connectivity index is 2.09. The highest BCUT2D eigenvalue weighted by molar-refractivity contribution is 5.93. The minimum atomic E-state index is -0.197. The highest BCUT2D eigenvalue weighted by Gasteiger charge is 2.11. The van der Waals surface area contributed by atoms with Gasteiger partial charge in [0.05, 0.1) is 19.6 Å². The Kier molecular flexibility index (Phi) is 5.38. The summed E-state index contributed by atoms with van der Waals surface area (Å²) in [6.07, 6.45) is 3.21. The number of hydrogen-bond acceptors (Lipinski definition) is 6. The molecule has 1 aromatic carbocycles. The van der Waals surface area contributed by atoms with E-state index < -0.39 is 0 Å². The molecular weight excluding hydrogens is 332 g/mol. The van der Waals surface area contributed by atoms with Crippen LogP contribution in [0.1, 0.15) is 12.1 Å². The molecule has 0 aliphatic rings. The number of nitrogens with one attached hydrogen (secondary N) is 2. The summed E-state index contributed by atoms with van der Waals surface area (Å²) in [5.74, 6) is 1.78. The molecule has 3 aromatic rings. The lowest BCUT2D eigenvalue weighted by Crippen LogP contribution is -2.10. The second kappa shape index (κ2) is 7.88. The molecule has 0 aliphatic heterocycles. The van der Waals surface area contributed by atoms with Gasteiger partial charge in [-0.2, -0.15) is 0 Å². The number of ether oxygens (including phenoxy) is 2. The van der Waals surface area contributed by atoms with Crippen LogP contribution in [0.5, 0.6) is 11.5 Å². The van der Waals surface area contributed by atoms with Crippen molar-refractivity contribution in [2.45, 2.75) is 12.8 Å². The average molecular weight is 354 g/mol. The van der Waals surface area contributed by atoms with Gasteiger partial charge in [-0.05, 0) is 36.9 Å². The Morgan fingerprint density at radius 3 is 2.54 bits per heavy atom. The van der Waals surface area contributed by atoms with Gasteiger partial charge in [-0.1, -0.05) is 0 Å². The third kappa shape index (κ3) is 3.78. The van der Waals surface area contributed by atoms with Crippen molar-refractivity contribution in [3.8, 4) is 11.5 Å². The molecule has 0 atom stereocenters. The summed E-state index contributed by atoms with van der Waals surface area (Å²) in [7, 11) is 3.18. The third-order valence-corrected chi connectivity index (χ3v) is 4.06. The number of H-pyrrole nitrogens is 1. The van der Waals surface area contributed by atoms with E-state index in [1.54, 1.807) is 26.5 Å². The van der Waals surface area contributed by atoms with Crippen LogP contribution in [0.4, 0.5) is 11.5 Å². The van der Waals surface area contributed by atoms with Gasteiger partial charge in [0.1, 0.15) is 17.3 Å². The monoisotopic (exact) mass is 354 g/mol. The predicted octanol–water partition coefficient (Wildman–Crippen LogP) is 2.58. The molecule has 0 unspecified atom stereocenters. The molecule has 7 nitrogen and oxygen atoms in total. The van der Waals surface area contributed by atoms with E-state index in [0.717, 1.165) is 23.9 Å². The van der Waals surface area contributed by atoms with E-state index >= 15 is 0 Å². The fourth-order valence-electron chi connectivity index (χ4n) is 2.79. The molecule has 0 saturated carbocycles. The van der Waals surface area contributed by atoms with Crippen LogP contribution < -0.4 is 26.1 Å². The number of hydrogen-bond donors (Lipinski definition) is 3. The van der Waals surface area contributed by atoms with Crippen molar-refractivity contribution in [1.82, 2.24) is 9.97 Å². The first-order valence-electron chi connectivity index (χ1n) is 8.36. The standard InChI is InChI=1S/C19H22N4O3/c1-25-15-9-14(10-16(11-15)26-2)23-18-17-12(5-7-21-19(17)24)8-13(22-18)4-3-6-20/h5,7-11H,3-4,6,20H2,1-2H3,(H,21,24)(H,22,23). The molecule has 0 fully saturated rings. The van der Waals surface area contributed by atoms with Crippen LogP contribution in [-0.2, 0) is 6.42 Å². The topological polar surface area (TPSA) is 102 Å². The van der Waals surface area contributed by atoms with Gasteiger partial charge in [0.2, 0.25) is 0 Å². The number of pyridine rings is 2. The predicted molar refractivity (Wildman–Crippen MR) is 103 cm³/mol. The van der Waals surface area contributed by atoms with Crippen molar-refractivity contribution in [3.05, 3.63) is 52.6 Å². The average Bonchev–Trinajstić information content (AvgIpc) is 2.65. The molecule has 0 bridgehead atoms. The lowest BCUT2D eigenvalue weighted by atomic mass is 10.1. The molecule has 0 amide bonds. The molecule has 26 heavy (non-hydrogen) atoms. The Bertz CT molecular complexity index is 946. The molecule has 0 spiro atoms. The van der Waals surface area contributed by atoms with Crippen LogP contribution in [-0.4, -0.2) is 30.7 Å². The first-order valence-corrected chi connectivity index (χ1v) is 8.36. The maximum Gasteiger partial charge on any atom is 0.259 e. The second-order valence-electron chi connectivity index (χ2n) is 5.85. The van der Waals surface area contributed by atoms with Crippen molar-refractivity contribution in [2.24, 2.45) is 5.73 Å². The Hall–Kier alpha value is -3.06. The van der Waals surface area contributed by atoms with E-state index in [1.807, 2.05) is 24.3 Å². The Labute approximate surface area is 151 Å². The zero-order chi connectivity index (χ0) is 18.5. The number of aryl methyl sites for hydroxylation is 1.